The van der Waals surface area contributed by atoms with Crippen molar-refractivity contribution in [1.82, 2.24) is 4.90 Å². The number of carbonyl (C=O) groups excluding carboxylic acids is 1. The van der Waals surface area contributed by atoms with Crippen LogP contribution in [-0.2, 0) is 0 Å². The number of hydrogen-bond acceptors (Lipinski definition) is 3. The summed E-state index contributed by atoms with van der Waals surface area (Å²) < 4.78 is 5.34. The van der Waals surface area contributed by atoms with Crippen LogP contribution in [-0.4, -0.2) is 43.1 Å². The van der Waals surface area contributed by atoms with Crippen molar-refractivity contribution in [1.29, 1.82) is 0 Å². The third-order valence-electron chi connectivity index (χ3n) is 2.50. The summed E-state index contributed by atoms with van der Waals surface area (Å²) in [4.78, 5) is 17.4. The Labute approximate surface area is 141 Å². The van der Waals surface area contributed by atoms with Crippen LogP contribution in [0.5, 0.6) is 5.75 Å². The molecular formula is C16H23IN2O2. The molecule has 0 aliphatic carbocycles. The lowest BCUT2D eigenvalue weighted by Crippen LogP contribution is -2.33. The number of amides is 1. The molecule has 0 aliphatic rings. The van der Waals surface area contributed by atoms with E-state index in [4.69, 9.17) is 4.74 Å². The Balaban J connectivity index is 0.00000191. The van der Waals surface area contributed by atoms with Gasteiger partial charge in [-0.3, -0.25) is 0 Å². The molecule has 4 nitrogen and oxygen atoms in total. The molecule has 1 amide bonds. The highest BCUT2D eigenvalue weighted by atomic mass is 127. The largest absolute Gasteiger partial charge is 0.415 e. The summed E-state index contributed by atoms with van der Waals surface area (Å²) in [6.07, 6.45) is 2.90. The first-order chi connectivity index (χ1) is 10.1. The highest BCUT2D eigenvalue weighted by Crippen LogP contribution is 2.19. The fourth-order valence-corrected chi connectivity index (χ4v) is 1.53. The summed E-state index contributed by atoms with van der Waals surface area (Å²) in [5, 5.41) is 0. The molecule has 0 atom stereocenters. The summed E-state index contributed by atoms with van der Waals surface area (Å²) >= 11 is 2.15. The van der Waals surface area contributed by atoms with Gasteiger partial charge in [-0.1, -0.05) is 40.8 Å². The Morgan fingerprint density at radius 2 is 1.81 bits per heavy atom. The maximum Gasteiger partial charge on any atom is 0.415 e. The predicted octanol–water partition coefficient (Wildman–Crippen LogP) is 3.98. The zero-order chi connectivity index (χ0) is 16.3. The van der Waals surface area contributed by atoms with Gasteiger partial charge < -0.3 is 14.5 Å². The van der Waals surface area contributed by atoms with Crippen molar-refractivity contribution in [3.05, 3.63) is 49.6 Å². The highest BCUT2D eigenvalue weighted by Gasteiger charge is 2.13. The second-order valence-electron chi connectivity index (χ2n) is 4.24. The smallest absolute Gasteiger partial charge is 0.410 e. The van der Waals surface area contributed by atoms with Gasteiger partial charge in [0.05, 0.1) is 0 Å². The van der Waals surface area contributed by atoms with Gasteiger partial charge in [0, 0.05) is 38.9 Å². The minimum Gasteiger partial charge on any atom is -0.410 e. The van der Waals surface area contributed by atoms with Crippen LogP contribution in [0.2, 0.25) is 0 Å². The Morgan fingerprint density at radius 3 is 2.29 bits per heavy atom. The first kappa shape index (κ1) is 19.5. The molecule has 0 heterocycles. The molecule has 0 saturated carbocycles. The van der Waals surface area contributed by atoms with E-state index in [-0.39, 0.29) is 0 Å². The number of rotatable bonds is 6. The monoisotopic (exact) mass is 402 g/mol. The standard InChI is InChI=1S/C15H20N2O2.CH3I/c1-5-10-17(11-6-2)15(18)19-14-9-7-8-13(12-14)16(3)4;1-2/h5-9,12H,1-2,10-11H2,3-4H3;1H3. The molecule has 0 aliphatic heterocycles. The van der Waals surface area contributed by atoms with E-state index in [1.807, 2.05) is 42.1 Å². The minimum atomic E-state index is -0.407. The van der Waals surface area contributed by atoms with Crippen LogP contribution in [0.4, 0.5) is 10.5 Å². The number of benzene rings is 1. The zero-order valence-corrected chi connectivity index (χ0v) is 15.0. The van der Waals surface area contributed by atoms with Gasteiger partial charge in [-0.25, -0.2) is 4.79 Å². The Hall–Kier alpha value is -1.50. The molecule has 0 N–H and O–H groups in total. The summed E-state index contributed by atoms with van der Waals surface area (Å²) in [5.74, 6) is 0.523. The summed E-state index contributed by atoms with van der Waals surface area (Å²) in [6.45, 7) is 8.10. The van der Waals surface area contributed by atoms with Crippen LogP contribution in [0.25, 0.3) is 0 Å². The van der Waals surface area contributed by atoms with E-state index >= 15 is 0 Å². The molecule has 5 heteroatoms. The van der Waals surface area contributed by atoms with Crippen molar-refractivity contribution < 1.29 is 9.53 Å². The van der Waals surface area contributed by atoms with Gasteiger partial charge >= 0.3 is 6.09 Å². The van der Waals surface area contributed by atoms with E-state index in [0.29, 0.717) is 18.8 Å². The quantitative estimate of drug-likeness (QED) is 0.410. The highest BCUT2D eigenvalue weighted by molar-refractivity contribution is 14.1. The number of hydrogen-bond donors (Lipinski definition) is 0. The van der Waals surface area contributed by atoms with Crippen molar-refractivity contribution in [2.45, 2.75) is 0 Å². The van der Waals surface area contributed by atoms with Crippen LogP contribution in [0.15, 0.2) is 49.6 Å². The molecule has 1 aromatic carbocycles. The van der Waals surface area contributed by atoms with Crippen LogP contribution >= 0.6 is 22.6 Å². The van der Waals surface area contributed by atoms with Crippen LogP contribution in [0.1, 0.15) is 0 Å². The van der Waals surface area contributed by atoms with Crippen molar-refractivity contribution >= 4 is 34.4 Å². The van der Waals surface area contributed by atoms with Gasteiger partial charge in [0.25, 0.3) is 0 Å². The third kappa shape index (κ3) is 7.17. The lowest BCUT2D eigenvalue weighted by molar-refractivity contribution is 0.162. The number of nitrogens with zero attached hydrogens (tertiary/aromatic N) is 2. The third-order valence-corrected chi connectivity index (χ3v) is 2.50. The molecule has 1 aromatic rings. The van der Waals surface area contributed by atoms with Crippen molar-refractivity contribution in [3.8, 4) is 5.75 Å². The summed E-state index contributed by atoms with van der Waals surface area (Å²) in [6, 6.07) is 7.37. The van der Waals surface area contributed by atoms with E-state index in [1.54, 1.807) is 18.2 Å². The summed E-state index contributed by atoms with van der Waals surface area (Å²) in [5.41, 5.74) is 0.976. The molecule has 0 radical (unpaired) electrons. The average Bonchev–Trinajstić information content (AvgIpc) is 2.49. The number of anilines is 1. The number of carbonyl (C=O) groups is 1. The van der Waals surface area contributed by atoms with E-state index in [2.05, 4.69) is 35.7 Å². The van der Waals surface area contributed by atoms with Gasteiger partial charge in [0.15, 0.2) is 0 Å². The first-order valence-electron chi connectivity index (χ1n) is 6.42. The average molecular weight is 402 g/mol. The Bertz CT molecular complexity index is 451. The van der Waals surface area contributed by atoms with Gasteiger partial charge in [0.2, 0.25) is 0 Å². The minimum absolute atomic E-state index is 0.407. The van der Waals surface area contributed by atoms with Crippen LogP contribution in [0, 0.1) is 0 Å². The van der Waals surface area contributed by atoms with E-state index in [9.17, 15) is 4.79 Å². The lowest BCUT2D eigenvalue weighted by atomic mass is 10.3. The maximum absolute atomic E-state index is 12.0. The summed E-state index contributed by atoms with van der Waals surface area (Å²) in [7, 11) is 3.87. The Morgan fingerprint density at radius 1 is 1.24 bits per heavy atom. The fraction of sp³-hybridized carbons (Fsp3) is 0.312. The van der Waals surface area contributed by atoms with Crippen molar-refractivity contribution in [2.75, 3.05) is 37.0 Å². The van der Waals surface area contributed by atoms with Crippen LogP contribution in [0.3, 0.4) is 0 Å². The van der Waals surface area contributed by atoms with E-state index in [1.165, 1.54) is 4.90 Å². The normalized spacial score (nSPS) is 8.95. The second kappa shape index (κ2) is 11.2. The molecule has 21 heavy (non-hydrogen) atoms. The lowest BCUT2D eigenvalue weighted by Gasteiger charge is -2.19. The molecule has 0 spiro atoms. The molecule has 0 bridgehead atoms. The molecular weight excluding hydrogens is 379 g/mol. The van der Waals surface area contributed by atoms with Gasteiger partial charge in [-0.05, 0) is 17.1 Å². The first-order valence-corrected chi connectivity index (χ1v) is 8.58. The van der Waals surface area contributed by atoms with E-state index in [0.717, 1.165) is 5.69 Å². The molecule has 0 saturated heterocycles. The van der Waals surface area contributed by atoms with Crippen molar-refractivity contribution in [3.63, 3.8) is 0 Å². The molecule has 0 aromatic heterocycles. The number of alkyl halides is 1. The van der Waals surface area contributed by atoms with E-state index < -0.39 is 6.09 Å². The van der Waals surface area contributed by atoms with Gasteiger partial charge in [-0.15, -0.1) is 13.2 Å². The van der Waals surface area contributed by atoms with Crippen molar-refractivity contribution in [2.24, 2.45) is 0 Å². The molecule has 0 unspecified atom stereocenters. The van der Waals surface area contributed by atoms with Gasteiger partial charge in [-0.2, -0.15) is 0 Å². The Kier molecular flexibility index (Phi) is 10.4. The predicted molar refractivity (Wildman–Crippen MR) is 98.7 cm³/mol. The number of ether oxygens (including phenoxy) is 1. The SMILES string of the molecule is C=CCN(CC=C)C(=O)Oc1cccc(N(C)C)c1.CI. The zero-order valence-electron chi connectivity index (χ0n) is 12.9. The van der Waals surface area contributed by atoms with Crippen LogP contribution < -0.4 is 9.64 Å². The molecule has 1 rings (SSSR count). The second-order valence-corrected chi connectivity index (χ2v) is 4.24. The topological polar surface area (TPSA) is 32.8 Å². The fourth-order valence-electron chi connectivity index (χ4n) is 1.53. The molecule has 0 fully saturated rings. The maximum atomic E-state index is 12.0. The molecule has 116 valence electrons. The number of halogens is 1. The van der Waals surface area contributed by atoms with Gasteiger partial charge in [0.1, 0.15) is 5.75 Å².